The SMILES string of the molecule is CC[C@H](NC(=O)N(C)Cc1n[nH]c(C)n1)C(=O)O. The van der Waals surface area contributed by atoms with Gasteiger partial charge in [0.15, 0.2) is 5.82 Å². The van der Waals surface area contributed by atoms with Gasteiger partial charge in [0.25, 0.3) is 0 Å². The van der Waals surface area contributed by atoms with E-state index < -0.39 is 18.0 Å². The van der Waals surface area contributed by atoms with Gasteiger partial charge in [-0.05, 0) is 13.3 Å². The quantitative estimate of drug-likeness (QED) is 0.691. The zero-order valence-corrected chi connectivity index (χ0v) is 10.6. The molecule has 3 N–H and O–H groups in total. The fraction of sp³-hybridized carbons (Fsp3) is 0.600. The lowest BCUT2D eigenvalue weighted by Crippen LogP contribution is -2.46. The molecular formula is C10H17N5O3. The summed E-state index contributed by atoms with van der Waals surface area (Å²) in [5, 5.41) is 17.8. The highest BCUT2D eigenvalue weighted by atomic mass is 16.4. The first-order chi connectivity index (χ1) is 8.43. The highest BCUT2D eigenvalue weighted by molar-refractivity contribution is 5.82. The Hall–Kier alpha value is -2.12. The topological polar surface area (TPSA) is 111 Å². The maximum absolute atomic E-state index is 11.7. The van der Waals surface area contributed by atoms with E-state index in [2.05, 4.69) is 20.5 Å². The average molecular weight is 255 g/mol. The number of nitrogens with one attached hydrogen (secondary N) is 2. The second-order valence-corrected chi connectivity index (χ2v) is 3.94. The number of carboxylic acids is 1. The lowest BCUT2D eigenvalue weighted by molar-refractivity contribution is -0.139. The van der Waals surface area contributed by atoms with Crippen molar-refractivity contribution in [2.24, 2.45) is 0 Å². The molecule has 0 radical (unpaired) electrons. The van der Waals surface area contributed by atoms with Crippen LogP contribution >= 0.6 is 0 Å². The Morgan fingerprint density at radius 2 is 2.22 bits per heavy atom. The van der Waals surface area contributed by atoms with Crippen molar-refractivity contribution in [1.29, 1.82) is 0 Å². The summed E-state index contributed by atoms with van der Waals surface area (Å²) in [6.45, 7) is 3.66. The molecule has 0 fully saturated rings. The summed E-state index contributed by atoms with van der Waals surface area (Å²) in [7, 11) is 1.55. The van der Waals surface area contributed by atoms with Crippen LogP contribution in [0.4, 0.5) is 4.79 Å². The number of aliphatic carboxylic acids is 1. The van der Waals surface area contributed by atoms with Gasteiger partial charge in [0.05, 0.1) is 6.54 Å². The first-order valence-electron chi connectivity index (χ1n) is 5.56. The summed E-state index contributed by atoms with van der Waals surface area (Å²) < 4.78 is 0. The summed E-state index contributed by atoms with van der Waals surface area (Å²) >= 11 is 0. The number of hydrogen-bond donors (Lipinski definition) is 3. The fourth-order valence-electron chi connectivity index (χ4n) is 1.34. The van der Waals surface area contributed by atoms with Crippen LogP contribution in [0.3, 0.4) is 0 Å². The number of nitrogens with zero attached hydrogens (tertiary/aromatic N) is 3. The van der Waals surface area contributed by atoms with Gasteiger partial charge in [-0.15, -0.1) is 0 Å². The Bertz CT molecular complexity index is 431. The van der Waals surface area contributed by atoms with E-state index in [9.17, 15) is 9.59 Å². The molecule has 0 aliphatic heterocycles. The van der Waals surface area contributed by atoms with E-state index in [1.165, 1.54) is 4.90 Å². The van der Waals surface area contributed by atoms with Gasteiger partial charge in [0.1, 0.15) is 11.9 Å². The summed E-state index contributed by atoms with van der Waals surface area (Å²) in [5.74, 6) is 0.0947. The van der Waals surface area contributed by atoms with E-state index >= 15 is 0 Å². The maximum Gasteiger partial charge on any atom is 0.326 e. The van der Waals surface area contributed by atoms with Gasteiger partial charge in [-0.25, -0.2) is 14.6 Å². The van der Waals surface area contributed by atoms with Crippen LogP contribution in [0.25, 0.3) is 0 Å². The number of rotatable bonds is 5. The molecule has 1 atom stereocenters. The van der Waals surface area contributed by atoms with E-state index in [0.717, 1.165) is 0 Å². The Labute approximate surface area is 104 Å². The first-order valence-corrected chi connectivity index (χ1v) is 5.56. The van der Waals surface area contributed by atoms with Crippen LogP contribution in [0.2, 0.25) is 0 Å². The monoisotopic (exact) mass is 255 g/mol. The van der Waals surface area contributed by atoms with Gasteiger partial charge in [-0.1, -0.05) is 6.92 Å². The van der Waals surface area contributed by atoms with Crippen LogP contribution in [0, 0.1) is 6.92 Å². The zero-order valence-electron chi connectivity index (χ0n) is 10.6. The molecule has 2 amide bonds. The standard InChI is InChI=1S/C10H17N5O3/c1-4-7(9(16)17)12-10(18)15(3)5-8-11-6(2)13-14-8/h7H,4-5H2,1-3H3,(H,12,18)(H,16,17)(H,11,13,14)/t7-/m0/s1. The highest BCUT2D eigenvalue weighted by Gasteiger charge is 2.20. The highest BCUT2D eigenvalue weighted by Crippen LogP contribution is 1.99. The molecule has 8 nitrogen and oxygen atoms in total. The van der Waals surface area contributed by atoms with E-state index in [-0.39, 0.29) is 6.54 Å². The second-order valence-electron chi connectivity index (χ2n) is 3.94. The van der Waals surface area contributed by atoms with Crippen LogP contribution in [0.15, 0.2) is 0 Å². The molecule has 0 aromatic carbocycles. The normalized spacial score (nSPS) is 11.9. The largest absolute Gasteiger partial charge is 0.480 e. The number of aromatic amines is 1. The first kappa shape index (κ1) is 13.9. The Morgan fingerprint density at radius 1 is 1.56 bits per heavy atom. The van der Waals surface area contributed by atoms with Crippen molar-refractivity contribution in [3.05, 3.63) is 11.6 Å². The molecule has 18 heavy (non-hydrogen) atoms. The zero-order chi connectivity index (χ0) is 13.7. The summed E-state index contributed by atoms with van der Waals surface area (Å²) in [4.78, 5) is 27.9. The molecule has 0 saturated heterocycles. The van der Waals surface area contributed by atoms with Crippen molar-refractivity contribution in [3.8, 4) is 0 Å². The summed E-state index contributed by atoms with van der Waals surface area (Å²) in [6.07, 6.45) is 0.328. The number of aromatic nitrogens is 3. The van der Waals surface area contributed by atoms with Crippen LogP contribution in [0.1, 0.15) is 25.0 Å². The predicted octanol–water partition coefficient (Wildman–Crippen LogP) is 0.118. The molecule has 1 aromatic heterocycles. The molecule has 1 heterocycles. The van der Waals surface area contributed by atoms with Gasteiger partial charge in [0, 0.05) is 7.05 Å². The number of carboxylic acid groups (broad SMARTS) is 1. The van der Waals surface area contributed by atoms with Crippen molar-refractivity contribution in [3.63, 3.8) is 0 Å². The van der Waals surface area contributed by atoms with Crippen molar-refractivity contribution in [1.82, 2.24) is 25.4 Å². The van der Waals surface area contributed by atoms with Crippen LogP contribution in [0.5, 0.6) is 0 Å². The van der Waals surface area contributed by atoms with E-state index in [1.54, 1.807) is 20.9 Å². The number of aryl methyl sites for hydroxylation is 1. The third kappa shape index (κ3) is 3.72. The Balaban J connectivity index is 2.53. The third-order valence-electron chi connectivity index (χ3n) is 2.37. The number of urea groups is 1. The fourth-order valence-corrected chi connectivity index (χ4v) is 1.34. The van der Waals surface area contributed by atoms with E-state index in [4.69, 9.17) is 5.11 Å². The molecule has 1 aromatic rings. The number of amides is 2. The van der Waals surface area contributed by atoms with Crippen LogP contribution in [-0.2, 0) is 11.3 Å². The van der Waals surface area contributed by atoms with Crippen molar-refractivity contribution < 1.29 is 14.7 Å². The molecule has 0 aliphatic rings. The maximum atomic E-state index is 11.7. The molecule has 0 bridgehead atoms. The van der Waals surface area contributed by atoms with Crippen molar-refractivity contribution in [2.45, 2.75) is 32.9 Å². The van der Waals surface area contributed by atoms with Gasteiger partial charge < -0.3 is 15.3 Å². The number of H-pyrrole nitrogens is 1. The molecule has 8 heteroatoms. The lowest BCUT2D eigenvalue weighted by atomic mass is 10.2. The summed E-state index contributed by atoms with van der Waals surface area (Å²) in [5.41, 5.74) is 0. The molecule has 0 aliphatic carbocycles. The molecule has 0 unspecified atom stereocenters. The minimum Gasteiger partial charge on any atom is -0.480 e. The number of carbonyl (C=O) groups excluding carboxylic acids is 1. The van der Waals surface area contributed by atoms with Crippen LogP contribution < -0.4 is 5.32 Å². The van der Waals surface area contributed by atoms with Gasteiger partial charge in [-0.3, -0.25) is 5.10 Å². The lowest BCUT2D eigenvalue weighted by Gasteiger charge is -2.19. The van der Waals surface area contributed by atoms with Crippen LogP contribution in [-0.4, -0.2) is 50.3 Å². The molecule has 1 rings (SSSR count). The van der Waals surface area contributed by atoms with Gasteiger partial charge in [0.2, 0.25) is 0 Å². The molecule has 0 spiro atoms. The Morgan fingerprint density at radius 3 is 2.67 bits per heavy atom. The predicted molar refractivity (Wildman–Crippen MR) is 62.8 cm³/mol. The van der Waals surface area contributed by atoms with Crippen molar-refractivity contribution in [2.75, 3.05) is 7.05 Å². The smallest absolute Gasteiger partial charge is 0.326 e. The molecule has 0 saturated carbocycles. The minimum absolute atomic E-state index is 0.215. The average Bonchev–Trinajstić information content (AvgIpc) is 2.70. The Kier molecular flexibility index (Phi) is 4.64. The number of hydrogen-bond acceptors (Lipinski definition) is 4. The summed E-state index contributed by atoms with van der Waals surface area (Å²) in [6, 6.07) is -1.35. The minimum atomic E-state index is -1.05. The molecular weight excluding hydrogens is 238 g/mol. The van der Waals surface area contributed by atoms with Gasteiger partial charge in [-0.2, -0.15) is 5.10 Å². The van der Waals surface area contributed by atoms with Crippen molar-refractivity contribution >= 4 is 12.0 Å². The second kappa shape index (κ2) is 5.99. The van der Waals surface area contributed by atoms with E-state index in [0.29, 0.717) is 18.1 Å². The van der Waals surface area contributed by atoms with Gasteiger partial charge >= 0.3 is 12.0 Å². The third-order valence-corrected chi connectivity index (χ3v) is 2.37. The van der Waals surface area contributed by atoms with E-state index in [1.807, 2.05) is 0 Å². The number of carbonyl (C=O) groups is 2. The molecule has 100 valence electrons.